The van der Waals surface area contributed by atoms with E-state index in [4.69, 9.17) is 18.0 Å². The molecule has 0 atom stereocenters. The summed E-state index contributed by atoms with van der Waals surface area (Å²) in [5.74, 6) is 0. The molecule has 2 aromatic rings. The predicted octanol–water partition coefficient (Wildman–Crippen LogP) is 0.219. The lowest BCUT2D eigenvalue weighted by molar-refractivity contribution is 0.720. The first-order valence-corrected chi connectivity index (χ1v) is 5.65. The van der Waals surface area contributed by atoms with Crippen molar-refractivity contribution in [3.05, 3.63) is 68.5 Å². The molecule has 2 rings (SSSR count). The Morgan fingerprint density at radius 1 is 1.22 bits per heavy atom. The topological polar surface area (TPSA) is 80.9 Å². The summed E-state index contributed by atoms with van der Waals surface area (Å²) in [4.78, 5) is 24.9. The number of nitrogens with two attached hydrogens (primary N) is 1. The lowest BCUT2D eigenvalue weighted by Gasteiger charge is -2.05. The Morgan fingerprint density at radius 3 is 2.44 bits per heavy atom. The standard InChI is InChI=1S/C12H11N3O2S/c13-11(18)9-3-1-8(2-4-9)7-15-6-5-10(16)14-12(15)17/h1-6H,7H2,(H2,13,18)(H,14,16,17). The van der Waals surface area contributed by atoms with Crippen LogP contribution in [0.2, 0.25) is 0 Å². The summed E-state index contributed by atoms with van der Waals surface area (Å²) in [7, 11) is 0. The van der Waals surface area contributed by atoms with E-state index in [0.717, 1.165) is 11.1 Å². The number of nitrogens with zero attached hydrogens (tertiary/aromatic N) is 1. The molecule has 0 saturated heterocycles. The highest BCUT2D eigenvalue weighted by atomic mass is 32.1. The normalized spacial score (nSPS) is 10.2. The SMILES string of the molecule is NC(=S)c1ccc(Cn2ccc(=O)[nH]c2=O)cc1. The third-order valence-corrected chi connectivity index (χ3v) is 2.72. The van der Waals surface area contributed by atoms with Gasteiger partial charge in [0.2, 0.25) is 0 Å². The Balaban J connectivity index is 2.26. The molecule has 18 heavy (non-hydrogen) atoms. The second kappa shape index (κ2) is 4.97. The summed E-state index contributed by atoms with van der Waals surface area (Å²) in [5, 5.41) is 0. The van der Waals surface area contributed by atoms with Crippen molar-refractivity contribution in [1.29, 1.82) is 0 Å². The van der Waals surface area contributed by atoms with Gasteiger partial charge in [0.1, 0.15) is 4.99 Å². The molecule has 1 heterocycles. The summed E-state index contributed by atoms with van der Waals surface area (Å²) in [6.45, 7) is 0.382. The predicted molar refractivity (Wildman–Crippen MR) is 72.8 cm³/mol. The molecular weight excluding hydrogens is 250 g/mol. The summed E-state index contributed by atoms with van der Waals surface area (Å²) in [6.07, 6.45) is 1.46. The van der Waals surface area contributed by atoms with Gasteiger partial charge in [-0.25, -0.2) is 4.79 Å². The zero-order chi connectivity index (χ0) is 13.1. The third-order valence-electron chi connectivity index (χ3n) is 2.49. The van der Waals surface area contributed by atoms with Gasteiger partial charge in [0.25, 0.3) is 5.56 Å². The number of hydrogen-bond acceptors (Lipinski definition) is 3. The van der Waals surface area contributed by atoms with Gasteiger partial charge in [0, 0.05) is 17.8 Å². The van der Waals surface area contributed by atoms with Gasteiger partial charge >= 0.3 is 5.69 Å². The fraction of sp³-hybridized carbons (Fsp3) is 0.0833. The highest BCUT2D eigenvalue weighted by Gasteiger charge is 2.00. The van der Waals surface area contributed by atoms with Gasteiger partial charge in [0.15, 0.2) is 0 Å². The van der Waals surface area contributed by atoms with E-state index < -0.39 is 11.2 Å². The molecule has 0 amide bonds. The monoisotopic (exact) mass is 261 g/mol. The summed E-state index contributed by atoms with van der Waals surface area (Å²) in [6, 6.07) is 8.59. The molecule has 1 aromatic carbocycles. The highest BCUT2D eigenvalue weighted by molar-refractivity contribution is 7.80. The van der Waals surface area contributed by atoms with Crippen molar-refractivity contribution >= 4 is 17.2 Å². The smallest absolute Gasteiger partial charge is 0.328 e. The molecule has 3 N–H and O–H groups in total. The number of aromatic nitrogens is 2. The molecule has 0 unspecified atom stereocenters. The third kappa shape index (κ3) is 2.72. The minimum atomic E-state index is -0.430. The molecule has 1 aromatic heterocycles. The van der Waals surface area contributed by atoms with Crippen molar-refractivity contribution in [2.24, 2.45) is 5.73 Å². The molecular formula is C12H11N3O2S. The highest BCUT2D eigenvalue weighted by Crippen LogP contribution is 2.05. The molecule has 0 saturated carbocycles. The number of benzene rings is 1. The van der Waals surface area contributed by atoms with Crippen molar-refractivity contribution in [1.82, 2.24) is 9.55 Å². The van der Waals surface area contributed by atoms with Crippen LogP contribution >= 0.6 is 12.2 Å². The first-order chi connectivity index (χ1) is 8.56. The maximum atomic E-state index is 11.5. The molecule has 0 aliphatic rings. The Morgan fingerprint density at radius 2 is 1.89 bits per heavy atom. The first kappa shape index (κ1) is 12.3. The van der Waals surface area contributed by atoms with Gasteiger partial charge in [-0.15, -0.1) is 0 Å². The van der Waals surface area contributed by atoms with Crippen LogP contribution in [0.25, 0.3) is 0 Å². The Hall–Kier alpha value is -2.21. The number of hydrogen-bond donors (Lipinski definition) is 2. The number of thiocarbonyl (C=S) groups is 1. The van der Waals surface area contributed by atoms with E-state index in [-0.39, 0.29) is 0 Å². The lowest BCUT2D eigenvalue weighted by atomic mass is 10.1. The summed E-state index contributed by atoms with van der Waals surface area (Å²) in [5.41, 5.74) is 6.36. The van der Waals surface area contributed by atoms with Crippen molar-refractivity contribution < 1.29 is 0 Å². The van der Waals surface area contributed by atoms with Crippen LogP contribution in [0.5, 0.6) is 0 Å². The molecule has 0 aliphatic heterocycles. The molecule has 0 aliphatic carbocycles. The number of rotatable bonds is 3. The van der Waals surface area contributed by atoms with Crippen LogP contribution in [0.1, 0.15) is 11.1 Å². The summed E-state index contributed by atoms with van der Waals surface area (Å²) < 4.78 is 1.41. The average molecular weight is 261 g/mol. The van der Waals surface area contributed by atoms with Crippen molar-refractivity contribution in [3.8, 4) is 0 Å². The second-order valence-electron chi connectivity index (χ2n) is 3.80. The maximum absolute atomic E-state index is 11.5. The first-order valence-electron chi connectivity index (χ1n) is 5.25. The van der Waals surface area contributed by atoms with Crippen molar-refractivity contribution in [3.63, 3.8) is 0 Å². The Kier molecular flexibility index (Phi) is 3.38. The molecule has 0 bridgehead atoms. The molecule has 6 heteroatoms. The largest absolute Gasteiger partial charge is 0.389 e. The van der Waals surface area contributed by atoms with Crippen LogP contribution in [0, 0.1) is 0 Å². The molecule has 0 radical (unpaired) electrons. The van der Waals surface area contributed by atoms with E-state index in [1.165, 1.54) is 16.8 Å². The van der Waals surface area contributed by atoms with Gasteiger partial charge in [0.05, 0.1) is 6.54 Å². The average Bonchev–Trinajstić information content (AvgIpc) is 2.33. The van der Waals surface area contributed by atoms with Crippen LogP contribution in [0.15, 0.2) is 46.1 Å². The number of aromatic amines is 1. The minimum absolute atomic E-state index is 0.336. The van der Waals surface area contributed by atoms with E-state index in [0.29, 0.717) is 11.5 Å². The zero-order valence-corrected chi connectivity index (χ0v) is 10.2. The second-order valence-corrected chi connectivity index (χ2v) is 4.24. The quantitative estimate of drug-likeness (QED) is 0.774. The van der Waals surface area contributed by atoms with E-state index in [1.807, 2.05) is 12.1 Å². The van der Waals surface area contributed by atoms with Crippen LogP contribution in [0.4, 0.5) is 0 Å². The number of H-pyrrole nitrogens is 1. The molecule has 92 valence electrons. The van der Waals surface area contributed by atoms with Gasteiger partial charge in [-0.05, 0) is 5.56 Å². The van der Waals surface area contributed by atoms with Crippen LogP contribution < -0.4 is 17.0 Å². The van der Waals surface area contributed by atoms with Gasteiger partial charge in [-0.2, -0.15) is 0 Å². The van der Waals surface area contributed by atoms with E-state index in [2.05, 4.69) is 4.98 Å². The zero-order valence-electron chi connectivity index (χ0n) is 9.42. The van der Waals surface area contributed by atoms with Gasteiger partial charge < -0.3 is 5.73 Å². The molecule has 0 fully saturated rings. The van der Waals surface area contributed by atoms with E-state index in [9.17, 15) is 9.59 Å². The van der Waals surface area contributed by atoms with Crippen molar-refractivity contribution in [2.75, 3.05) is 0 Å². The number of nitrogens with one attached hydrogen (secondary N) is 1. The van der Waals surface area contributed by atoms with E-state index in [1.54, 1.807) is 12.1 Å². The summed E-state index contributed by atoms with van der Waals surface area (Å²) >= 11 is 4.85. The van der Waals surface area contributed by atoms with Gasteiger partial charge in [-0.3, -0.25) is 14.3 Å². The lowest BCUT2D eigenvalue weighted by Crippen LogP contribution is -2.28. The fourth-order valence-electron chi connectivity index (χ4n) is 1.54. The van der Waals surface area contributed by atoms with Crippen molar-refractivity contribution in [2.45, 2.75) is 6.54 Å². The van der Waals surface area contributed by atoms with Gasteiger partial charge in [-0.1, -0.05) is 36.5 Å². The maximum Gasteiger partial charge on any atom is 0.328 e. The fourth-order valence-corrected chi connectivity index (χ4v) is 1.68. The Labute approximate surface area is 108 Å². The van der Waals surface area contributed by atoms with Crippen LogP contribution in [-0.2, 0) is 6.54 Å². The molecule has 0 spiro atoms. The Bertz CT molecular complexity index is 685. The van der Waals surface area contributed by atoms with E-state index >= 15 is 0 Å². The van der Waals surface area contributed by atoms with Crippen LogP contribution in [0.3, 0.4) is 0 Å². The minimum Gasteiger partial charge on any atom is -0.389 e. The van der Waals surface area contributed by atoms with Crippen LogP contribution in [-0.4, -0.2) is 14.5 Å². The molecule has 5 nitrogen and oxygen atoms in total.